The van der Waals surface area contributed by atoms with Crippen molar-refractivity contribution in [3.05, 3.63) is 54.3 Å². The molecule has 3 aromatic rings. The first-order valence-electron chi connectivity index (χ1n) is 7.00. The van der Waals surface area contributed by atoms with E-state index in [2.05, 4.69) is 4.98 Å². The normalized spacial score (nSPS) is 12.0. The molecule has 1 atom stereocenters. The lowest BCUT2D eigenvalue weighted by molar-refractivity contribution is -0.125. The van der Waals surface area contributed by atoms with Gasteiger partial charge in [0.25, 0.3) is 5.91 Å². The molecule has 116 valence electrons. The van der Waals surface area contributed by atoms with E-state index in [1.165, 1.54) is 13.2 Å². The molecule has 3 rings (SSSR count). The number of aromatic nitrogens is 1. The molecule has 6 nitrogen and oxygen atoms in total. The third-order valence-electron chi connectivity index (χ3n) is 3.39. The molecule has 0 aliphatic rings. The summed E-state index contributed by atoms with van der Waals surface area (Å²) in [6.45, 7) is 1.43. The molecule has 0 spiro atoms. The number of para-hydroxylation sites is 1. The molecule has 0 aliphatic heterocycles. The van der Waals surface area contributed by atoms with E-state index in [-0.39, 0.29) is 0 Å². The van der Waals surface area contributed by atoms with Crippen molar-refractivity contribution < 1.29 is 18.7 Å². The molecule has 0 saturated carbocycles. The number of pyridine rings is 1. The molecule has 23 heavy (non-hydrogen) atoms. The Bertz CT molecular complexity index is 871. The summed E-state index contributed by atoms with van der Waals surface area (Å²) in [7, 11) is 0. The van der Waals surface area contributed by atoms with E-state index in [9.17, 15) is 9.59 Å². The van der Waals surface area contributed by atoms with Crippen LogP contribution in [0.25, 0.3) is 22.4 Å². The molecule has 1 amide bonds. The minimum absolute atomic E-state index is 0.301. The highest BCUT2D eigenvalue weighted by molar-refractivity contribution is 6.05. The minimum atomic E-state index is -1.01. The molecule has 6 heteroatoms. The molecular weight excluding hydrogens is 296 g/mol. The number of carbonyl (C=O) groups is 2. The third kappa shape index (κ3) is 2.91. The van der Waals surface area contributed by atoms with Gasteiger partial charge in [0.2, 0.25) is 0 Å². The molecule has 0 bridgehead atoms. The standard InChI is InChI=1S/C17H14N2O4/c1-10(16(18)20)23-17(21)12-9-14(15-7-4-8-22-15)19-13-6-3-2-5-11(12)13/h2-10H,1H3,(H2,18,20)/t10-/m0/s1. The second kappa shape index (κ2) is 5.92. The van der Waals surface area contributed by atoms with E-state index < -0.39 is 18.0 Å². The van der Waals surface area contributed by atoms with Crippen LogP contribution in [0.4, 0.5) is 0 Å². The molecule has 2 aromatic heterocycles. The lowest BCUT2D eigenvalue weighted by Gasteiger charge is -2.12. The van der Waals surface area contributed by atoms with E-state index >= 15 is 0 Å². The van der Waals surface area contributed by atoms with Gasteiger partial charge in [-0.15, -0.1) is 0 Å². The van der Waals surface area contributed by atoms with Crippen LogP contribution in [0.1, 0.15) is 17.3 Å². The summed E-state index contributed by atoms with van der Waals surface area (Å²) >= 11 is 0. The molecule has 0 aliphatic carbocycles. The Morgan fingerprint density at radius 2 is 2.00 bits per heavy atom. The predicted octanol–water partition coefficient (Wildman–Crippen LogP) is 2.53. The van der Waals surface area contributed by atoms with Crippen LogP contribution in [-0.2, 0) is 9.53 Å². The zero-order valence-electron chi connectivity index (χ0n) is 12.4. The van der Waals surface area contributed by atoms with Crippen molar-refractivity contribution in [2.75, 3.05) is 0 Å². The highest BCUT2D eigenvalue weighted by atomic mass is 16.5. The molecule has 0 fully saturated rings. The van der Waals surface area contributed by atoms with Crippen LogP contribution in [0, 0.1) is 0 Å². The summed E-state index contributed by atoms with van der Waals surface area (Å²) in [5, 5.41) is 0.629. The van der Waals surface area contributed by atoms with E-state index in [0.717, 1.165) is 0 Å². The number of hydrogen-bond donors (Lipinski definition) is 1. The molecule has 0 unspecified atom stereocenters. The summed E-state index contributed by atoms with van der Waals surface area (Å²) in [5.41, 5.74) is 6.57. The van der Waals surface area contributed by atoms with Crippen molar-refractivity contribution in [3.8, 4) is 11.5 Å². The molecular formula is C17H14N2O4. The number of carbonyl (C=O) groups excluding carboxylic acids is 2. The van der Waals surface area contributed by atoms with Crippen molar-refractivity contribution in [2.45, 2.75) is 13.0 Å². The van der Waals surface area contributed by atoms with E-state index in [4.69, 9.17) is 14.9 Å². The van der Waals surface area contributed by atoms with Gasteiger partial charge in [0.15, 0.2) is 11.9 Å². The Hall–Kier alpha value is -3.15. The molecule has 2 heterocycles. The van der Waals surface area contributed by atoms with Crippen LogP contribution in [0.2, 0.25) is 0 Å². The van der Waals surface area contributed by atoms with E-state index in [1.807, 2.05) is 6.07 Å². The highest BCUT2D eigenvalue weighted by Crippen LogP contribution is 2.25. The average molecular weight is 310 g/mol. The van der Waals surface area contributed by atoms with Gasteiger partial charge in [-0.05, 0) is 31.2 Å². The topological polar surface area (TPSA) is 95.4 Å². The van der Waals surface area contributed by atoms with Gasteiger partial charge < -0.3 is 14.9 Å². The van der Waals surface area contributed by atoms with Gasteiger partial charge in [0, 0.05) is 5.39 Å². The fourth-order valence-corrected chi connectivity index (χ4v) is 2.18. The Kier molecular flexibility index (Phi) is 3.80. The Morgan fingerprint density at radius 3 is 2.70 bits per heavy atom. The van der Waals surface area contributed by atoms with Crippen LogP contribution >= 0.6 is 0 Å². The van der Waals surface area contributed by atoms with Crippen LogP contribution in [-0.4, -0.2) is 23.0 Å². The predicted molar refractivity (Wildman–Crippen MR) is 83.5 cm³/mol. The first-order valence-corrected chi connectivity index (χ1v) is 7.00. The van der Waals surface area contributed by atoms with Gasteiger partial charge in [-0.1, -0.05) is 18.2 Å². The second-order valence-electron chi connectivity index (χ2n) is 5.00. The second-order valence-corrected chi connectivity index (χ2v) is 5.00. The SMILES string of the molecule is C[C@H](OC(=O)c1cc(-c2ccco2)nc2ccccc12)C(N)=O. The Labute approximate surface area is 131 Å². The number of ether oxygens (including phenoxy) is 1. The first kappa shape index (κ1) is 14.8. The van der Waals surface area contributed by atoms with Crippen LogP contribution < -0.4 is 5.73 Å². The molecule has 1 aromatic carbocycles. The number of furan rings is 1. The zero-order chi connectivity index (χ0) is 16.4. The molecule has 0 saturated heterocycles. The number of amides is 1. The Balaban J connectivity index is 2.10. The van der Waals surface area contributed by atoms with Gasteiger partial charge >= 0.3 is 5.97 Å². The third-order valence-corrected chi connectivity index (χ3v) is 3.39. The lowest BCUT2D eigenvalue weighted by Crippen LogP contribution is -2.30. The molecule has 0 radical (unpaired) electrons. The van der Waals surface area contributed by atoms with Crippen molar-refractivity contribution in [1.29, 1.82) is 0 Å². The number of benzene rings is 1. The van der Waals surface area contributed by atoms with Gasteiger partial charge in [0.1, 0.15) is 5.69 Å². The number of esters is 1. The van der Waals surface area contributed by atoms with Crippen molar-refractivity contribution in [3.63, 3.8) is 0 Å². The number of hydrogen-bond acceptors (Lipinski definition) is 5. The summed E-state index contributed by atoms with van der Waals surface area (Å²) in [6, 6.07) is 12.2. The maximum absolute atomic E-state index is 12.4. The average Bonchev–Trinajstić information content (AvgIpc) is 3.08. The summed E-state index contributed by atoms with van der Waals surface area (Å²) in [4.78, 5) is 28.0. The van der Waals surface area contributed by atoms with Crippen molar-refractivity contribution in [1.82, 2.24) is 4.98 Å². The summed E-state index contributed by atoms with van der Waals surface area (Å²) in [5.74, 6) is -0.807. The van der Waals surface area contributed by atoms with Crippen LogP contribution in [0.5, 0.6) is 0 Å². The summed E-state index contributed by atoms with van der Waals surface area (Å²) in [6.07, 6.45) is 0.515. The lowest BCUT2D eigenvalue weighted by atomic mass is 10.1. The zero-order valence-corrected chi connectivity index (χ0v) is 12.4. The number of primary amides is 1. The van der Waals surface area contributed by atoms with Crippen molar-refractivity contribution in [2.24, 2.45) is 5.73 Å². The van der Waals surface area contributed by atoms with E-state index in [0.29, 0.717) is 27.9 Å². The molecule has 2 N–H and O–H groups in total. The minimum Gasteiger partial charge on any atom is -0.463 e. The fraction of sp³-hybridized carbons (Fsp3) is 0.118. The van der Waals surface area contributed by atoms with Gasteiger partial charge in [-0.3, -0.25) is 4.79 Å². The largest absolute Gasteiger partial charge is 0.463 e. The number of nitrogens with zero attached hydrogens (tertiary/aromatic N) is 1. The first-order chi connectivity index (χ1) is 11.1. The quantitative estimate of drug-likeness (QED) is 0.747. The van der Waals surface area contributed by atoms with Gasteiger partial charge in [-0.25, -0.2) is 9.78 Å². The Morgan fingerprint density at radius 1 is 1.22 bits per heavy atom. The smallest absolute Gasteiger partial charge is 0.339 e. The van der Waals surface area contributed by atoms with Gasteiger partial charge in [-0.2, -0.15) is 0 Å². The highest BCUT2D eigenvalue weighted by Gasteiger charge is 2.20. The monoisotopic (exact) mass is 310 g/mol. The van der Waals surface area contributed by atoms with Crippen LogP contribution in [0.3, 0.4) is 0 Å². The van der Waals surface area contributed by atoms with Gasteiger partial charge in [0.05, 0.1) is 17.3 Å². The fourth-order valence-electron chi connectivity index (χ4n) is 2.18. The van der Waals surface area contributed by atoms with Crippen LogP contribution in [0.15, 0.2) is 53.1 Å². The van der Waals surface area contributed by atoms with Crippen molar-refractivity contribution >= 4 is 22.8 Å². The number of nitrogens with two attached hydrogens (primary N) is 1. The summed E-state index contributed by atoms with van der Waals surface area (Å²) < 4.78 is 10.4. The number of rotatable bonds is 4. The maximum Gasteiger partial charge on any atom is 0.339 e. The maximum atomic E-state index is 12.4. The number of fused-ring (bicyclic) bond motifs is 1. The van der Waals surface area contributed by atoms with E-state index in [1.54, 1.807) is 36.4 Å².